The Hall–Kier alpha value is -3.26. The zero-order chi connectivity index (χ0) is 22.1. The number of nitrogens with zero attached hydrogens (tertiary/aromatic N) is 3. The van der Waals surface area contributed by atoms with Crippen LogP contribution in [0, 0.1) is 10.1 Å². The Morgan fingerprint density at radius 1 is 1.09 bits per heavy atom. The van der Waals surface area contributed by atoms with Gasteiger partial charge in [0.2, 0.25) is 0 Å². The zero-order valence-electron chi connectivity index (χ0n) is 17.5. The zero-order valence-corrected chi connectivity index (χ0v) is 18.3. The molecule has 1 aliphatic heterocycles. The molecule has 1 aliphatic carbocycles. The van der Waals surface area contributed by atoms with E-state index in [1.807, 2.05) is 36.4 Å². The highest BCUT2D eigenvalue weighted by Gasteiger charge is 2.44. The molecule has 0 spiro atoms. The molecule has 1 saturated heterocycles. The summed E-state index contributed by atoms with van der Waals surface area (Å²) in [6.45, 7) is 0. The summed E-state index contributed by atoms with van der Waals surface area (Å²) < 4.78 is 6.32. The van der Waals surface area contributed by atoms with Gasteiger partial charge in [0.15, 0.2) is 5.11 Å². The fraction of sp³-hybridized carbons (Fsp3) is 0.333. The molecular weight excluding hydrogens is 424 g/mol. The maximum atomic E-state index is 11.2. The maximum absolute atomic E-state index is 11.2. The van der Waals surface area contributed by atoms with E-state index in [0.717, 1.165) is 29.4 Å². The first-order valence-electron chi connectivity index (χ1n) is 11.0. The minimum absolute atomic E-state index is 0.0411. The van der Waals surface area contributed by atoms with Gasteiger partial charge in [-0.15, -0.1) is 0 Å². The van der Waals surface area contributed by atoms with Crippen LogP contribution in [-0.2, 0) is 0 Å². The van der Waals surface area contributed by atoms with Crippen molar-refractivity contribution in [3.63, 3.8) is 0 Å². The summed E-state index contributed by atoms with van der Waals surface area (Å²) in [5, 5.41) is 15.4. The molecule has 3 heterocycles. The first kappa shape index (κ1) is 20.6. The topological polar surface area (TPSA) is 84.4 Å². The molecule has 1 N–H and O–H groups in total. The summed E-state index contributed by atoms with van der Waals surface area (Å²) in [6.07, 6.45) is 7.65. The number of non-ortho nitro benzene ring substituents is 1. The first-order valence-corrected chi connectivity index (χ1v) is 11.4. The third-order valence-corrected chi connectivity index (χ3v) is 6.69. The Labute approximate surface area is 191 Å². The molecule has 5 rings (SSSR count). The van der Waals surface area contributed by atoms with Gasteiger partial charge in [-0.25, -0.2) is 0 Å². The summed E-state index contributed by atoms with van der Waals surface area (Å²) >= 11 is 5.79. The first-order chi connectivity index (χ1) is 15.6. The van der Waals surface area contributed by atoms with Crippen LogP contribution in [0.4, 0.5) is 5.69 Å². The number of hydrogen-bond donors (Lipinski definition) is 1. The van der Waals surface area contributed by atoms with Crippen molar-refractivity contribution in [3.05, 3.63) is 82.4 Å². The lowest BCUT2D eigenvalue weighted by molar-refractivity contribution is -0.384. The highest BCUT2D eigenvalue weighted by Crippen LogP contribution is 2.43. The van der Waals surface area contributed by atoms with Crippen molar-refractivity contribution in [3.8, 4) is 11.3 Å². The van der Waals surface area contributed by atoms with Gasteiger partial charge in [0.1, 0.15) is 17.6 Å². The van der Waals surface area contributed by atoms with Crippen molar-refractivity contribution >= 4 is 23.0 Å². The summed E-state index contributed by atoms with van der Waals surface area (Å²) in [7, 11) is 0. The van der Waals surface area contributed by atoms with Crippen molar-refractivity contribution < 1.29 is 9.34 Å². The van der Waals surface area contributed by atoms with Crippen LogP contribution >= 0.6 is 12.2 Å². The second kappa shape index (κ2) is 8.70. The molecule has 8 heteroatoms. The number of benzene rings is 1. The van der Waals surface area contributed by atoms with E-state index in [1.54, 1.807) is 12.3 Å². The van der Waals surface area contributed by atoms with Gasteiger partial charge in [-0.2, -0.15) is 0 Å². The second-order valence-electron chi connectivity index (χ2n) is 8.34. The van der Waals surface area contributed by atoms with Crippen LogP contribution in [-0.4, -0.2) is 26.0 Å². The third kappa shape index (κ3) is 3.86. The van der Waals surface area contributed by atoms with Crippen LogP contribution in [0.2, 0.25) is 0 Å². The normalized spacial score (nSPS) is 21.5. The van der Waals surface area contributed by atoms with E-state index in [4.69, 9.17) is 16.6 Å². The highest BCUT2D eigenvalue weighted by atomic mass is 32.1. The molecule has 1 saturated carbocycles. The Bertz CT molecular complexity index is 1130. The van der Waals surface area contributed by atoms with Crippen LogP contribution in [0.15, 0.2) is 65.2 Å². The predicted molar refractivity (Wildman–Crippen MR) is 125 cm³/mol. The quantitative estimate of drug-likeness (QED) is 0.311. The average molecular weight is 449 g/mol. The fourth-order valence-corrected chi connectivity index (χ4v) is 5.25. The minimum atomic E-state index is -0.394. The SMILES string of the molecule is O=[N+]([O-])c1cccc(-c2ccc([C@H]3[C@@H](c4ccccn4)NC(=S)N3C3CCCCC3)o2)c1. The fourth-order valence-electron chi connectivity index (χ4n) is 4.86. The molecular formula is C24H24N4O3S. The van der Waals surface area contributed by atoms with Gasteiger partial charge in [-0.1, -0.05) is 37.5 Å². The Morgan fingerprint density at radius 3 is 2.69 bits per heavy atom. The number of nitro groups is 1. The molecule has 164 valence electrons. The van der Waals surface area contributed by atoms with E-state index in [2.05, 4.69) is 15.2 Å². The van der Waals surface area contributed by atoms with E-state index in [9.17, 15) is 10.1 Å². The standard InChI is InChI=1S/C24H24N4O3S/c29-28(30)18-10-6-7-16(15-18)20-12-13-21(31-20)23-22(19-11-4-5-14-25-19)26-24(32)27(23)17-8-2-1-3-9-17/h4-7,10-15,17,22-23H,1-3,8-9H2,(H,26,32)/t22-,23+/m1/s1. The highest BCUT2D eigenvalue weighted by molar-refractivity contribution is 7.80. The van der Waals surface area contributed by atoms with Crippen LogP contribution in [0.1, 0.15) is 55.6 Å². The van der Waals surface area contributed by atoms with Gasteiger partial charge in [0.25, 0.3) is 5.69 Å². The van der Waals surface area contributed by atoms with Crippen LogP contribution < -0.4 is 5.32 Å². The summed E-state index contributed by atoms with van der Waals surface area (Å²) in [6, 6.07) is 16.3. The smallest absolute Gasteiger partial charge is 0.270 e. The van der Waals surface area contributed by atoms with Crippen molar-refractivity contribution in [2.24, 2.45) is 0 Å². The number of nitro benzene ring substituents is 1. The summed E-state index contributed by atoms with van der Waals surface area (Å²) in [5.41, 5.74) is 1.63. The van der Waals surface area contributed by atoms with Gasteiger partial charge in [0, 0.05) is 29.9 Å². The predicted octanol–water partition coefficient (Wildman–Crippen LogP) is 5.56. The largest absolute Gasteiger partial charge is 0.459 e. The lowest BCUT2D eigenvalue weighted by Gasteiger charge is -2.36. The monoisotopic (exact) mass is 448 g/mol. The number of rotatable bonds is 5. The van der Waals surface area contributed by atoms with E-state index in [-0.39, 0.29) is 17.8 Å². The minimum Gasteiger partial charge on any atom is -0.459 e. The number of hydrogen-bond acceptors (Lipinski definition) is 5. The lowest BCUT2D eigenvalue weighted by atomic mass is 9.92. The molecule has 7 nitrogen and oxygen atoms in total. The number of aromatic nitrogens is 1. The molecule has 1 aromatic carbocycles. The van der Waals surface area contributed by atoms with Gasteiger partial charge in [-0.3, -0.25) is 15.1 Å². The maximum Gasteiger partial charge on any atom is 0.270 e. The van der Waals surface area contributed by atoms with Gasteiger partial charge in [-0.05, 0) is 49.3 Å². The van der Waals surface area contributed by atoms with E-state index in [0.29, 0.717) is 17.4 Å². The molecule has 0 amide bonds. The second-order valence-corrected chi connectivity index (χ2v) is 8.72. The molecule has 3 aromatic rings. The Kier molecular flexibility index (Phi) is 5.61. The number of pyridine rings is 1. The average Bonchev–Trinajstić information content (AvgIpc) is 3.45. The number of nitrogens with one attached hydrogen (secondary N) is 1. The van der Waals surface area contributed by atoms with Crippen molar-refractivity contribution in [1.82, 2.24) is 15.2 Å². The molecule has 2 fully saturated rings. The van der Waals surface area contributed by atoms with Gasteiger partial charge in [0.05, 0.1) is 16.7 Å². The van der Waals surface area contributed by atoms with Crippen LogP contribution in [0.3, 0.4) is 0 Å². The molecule has 32 heavy (non-hydrogen) atoms. The molecule has 2 aromatic heterocycles. The van der Waals surface area contributed by atoms with E-state index in [1.165, 1.54) is 31.4 Å². The molecule has 0 radical (unpaired) electrons. The Morgan fingerprint density at radius 2 is 1.94 bits per heavy atom. The molecule has 2 aliphatic rings. The third-order valence-electron chi connectivity index (χ3n) is 6.36. The number of thiocarbonyl (C=S) groups is 1. The van der Waals surface area contributed by atoms with Crippen LogP contribution in [0.25, 0.3) is 11.3 Å². The Balaban J connectivity index is 1.53. The van der Waals surface area contributed by atoms with Crippen molar-refractivity contribution in [2.75, 3.05) is 0 Å². The molecule has 2 atom stereocenters. The van der Waals surface area contributed by atoms with Crippen LogP contribution in [0.5, 0.6) is 0 Å². The van der Waals surface area contributed by atoms with Gasteiger partial charge < -0.3 is 14.6 Å². The summed E-state index contributed by atoms with van der Waals surface area (Å²) in [4.78, 5) is 17.7. The molecule has 0 bridgehead atoms. The van der Waals surface area contributed by atoms with E-state index >= 15 is 0 Å². The van der Waals surface area contributed by atoms with Crippen molar-refractivity contribution in [1.29, 1.82) is 0 Å². The summed E-state index contributed by atoms with van der Waals surface area (Å²) in [5.74, 6) is 1.38. The van der Waals surface area contributed by atoms with Gasteiger partial charge >= 0.3 is 0 Å². The lowest BCUT2D eigenvalue weighted by Crippen LogP contribution is -2.40. The molecule has 0 unspecified atom stereocenters. The van der Waals surface area contributed by atoms with Crippen molar-refractivity contribution in [2.45, 2.75) is 50.2 Å². The number of furan rings is 1. The van der Waals surface area contributed by atoms with E-state index < -0.39 is 4.92 Å².